The number of nitrogens with zero attached hydrogens (tertiary/aromatic N) is 1. The molecule has 0 aliphatic carbocycles. The Morgan fingerprint density at radius 3 is 2.58 bits per heavy atom. The molecule has 1 aliphatic heterocycles. The van der Waals surface area contributed by atoms with Crippen molar-refractivity contribution in [1.82, 2.24) is 4.98 Å². The van der Waals surface area contributed by atoms with E-state index in [1.54, 1.807) is 23.5 Å². The van der Waals surface area contributed by atoms with Gasteiger partial charge in [0.05, 0.1) is 19.6 Å². The number of phenolic OH excluding ortho intramolecular Hbond substituents is 1. The molecule has 130 valence electrons. The summed E-state index contributed by atoms with van der Waals surface area (Å²) in [6.07, 6.45) is 1.81. The largest absolute Gasteiger partial charge is 0.506 e. The molecule has 0 atom stereocenters. The predicted molar refractivity (Wildman–Crippen MR) is 112 cm³/mol. The Morgan fingerprint density at radius 1 is 1.19 bits per heavy atom. The molecule has 2 N–H and O–H groups in total. The van der Waals surface area contributed by atoms with Gasteiger partial charge in [0.2, 0.25) is 0 Å². The minimum absolute atomic E-state index is 0.129. The summed E-state index contributed by atoms with van der Waals surface area (Å²) in [5, 5.41) is 15.8. The molecule has 26 heavy (non-hydrogen) atoms. The first-order chi connectivity index (χ1) is 12.4. The Balaban J connectivity index is 1.81. The molecule has 3 aromatic rings. The van der Waals surface area contributed by atoms with Crippen LogP contribution < -0.4 is 5.32 Å². The fraction of sp³-hybridized carbons (Fsp3) is 0.0526. The van der Waals surface area contributed by atoms with Gasteiger partial charge in [0, 0.05) is 27.8 Å². The summed E-state index contributed by atoms with van der Waals surface area (Å²) in [7, 11) is 0. The highest BCUT2D eigenvalue weighted by Gasteiger charge is 2.25. The zero-order valence-corrected chi connectivity index (χ0v) is 17.5. The third-order valence-electron chi connectivity index (χ3n) is 4.07. The molecule has 1 aromatic heterocycles. The molecule has 0 saturated carbocycles. The number of carbonyl (C=O) groups excluding carboxylic acids is 1. The number of benzene rings is 2. The number of halogens is 2. The van der Waals surface area contributed by atoms with Crippen LogP contribution in [0.3, 0.4) is 0 Å². The second kappa shape index (κ2) is 6.64. The third kappa shape index (κ3) is 3.11. The van der Waals surface area contributed by atoms with E-state index in [2.05, 4.69) is 42.2 Å². The summed E-state index contributed by atoms with van der Waals surface area (Å²) in [4.78, 5) is 17.0. The summed E-state index contributed by atoms with van der Waals surface area (Å²) in [6, 6.07) is 9.39. The van der Waals surface area contributed by atoms with Crippen LogP contribution in [0.15, 0.2) is 44.7 Å². The SMILES string of the molecule is Cc1nc(-c2ccc3c(c2)/C(=C\c2cc(Br)c(O)c(Br)c2)C(=O)N3)cs1. The first-order valence-corrected chi connectivity index (χ1v) is 10.2. The van der Waals surface area contributed by atoms with E-state index in [4.69, 9.17) is 0 Å². The first kappa shape index (κ1) is 17.5. The highest BCUT2D eigenvalue weighted by molar-refractivity contribution is 9.11. The van der Waals surface area contributed by atoms with Crippen LogP contribution in [0.4, 0.5) is 5.69 Å². The lowest BCUT2D eigenvalue weighted by Gasteiger charge is -2.05. The van der Waals surface area contributed by atoms with Crippen molar-refractivity contribution < 1.29 is 9.90 Å². The van der Waals surface area contributed by atoms with E-state index in [0.717, 1.165) is 33.1 Å². The van der Waals surface area contributed by atoms with Gasteiger partial charge in [0.1, 0.15) is 5.75 Å². The number of aromatic nitrogens is 1. The average Bonchev–Trinajstić information content (AvgIpc) is 3.16. The second-order valence-corrected chi connectivity index (χ2v) is 8.63. The Hall–Kier alpha value is -1.96. The topological polar surface area (TPSA) is 62.2 Å². The number of hydrogen-bond acceptors (Lipinski definition) is 4. The number of fused-ring (bicyclic) bond motifs is 1. The number of amides is 1. The Kier molecular flexibility index (Phi) is 4.46. The standard InChI is InChI=1S/C19H12Br2N2O2S/c1-9-22-17(8-26-9)11-2-3-16-12(7-11)13(19(25)23-16)4-10-5-14(20)18(24)15(21)6-10/h2-8,24H,1H3,(H,23,25)/b13-4+. The fourth-order valence-corrected chi connectivity index (χ4v) is 4.67. The van der Waals surface area contributed by atoms with Crippen LogP contribution in [0, 0.1) is 6.92 Å². The van der Waals surface area contributed by atoms with Gasteiger partial charge in [-0.1, -0.05) is 6.07 Å². The molecule has 2 heterocycles. The monoisotopic (exact) mass is 490 g/mol. The number of phenols is 1. The number of nitrogens with one attached hydrogen (secondary N) is 1. The third-order valence-corrected chi connectivity index (χ3v) is 6.05. The highest BCUT2D eigenvalue weighted by atomic mass is 79.9. The van der Waals surface area contributed by atoms with Crippen molar-refractivity contribution in [3.05, 3.63) is 60.8 Å². The maximum atomic E-state index is 12.5. The van der Waals surface area contributed by atoms with Crippen LogP contribution in [0.25, 0.3) is 22.9 Å². The van der Waals surface area contributed by atoms with Crippen LogP contribution in [0.5, 0.6) is 5.75 Å². The number of aromatic hydroxyl groups is 1. The van der Waals surface area contributed by atoms with Gasteiger partial charge in [-0.25, -0.2) is 4.98 Å². The van der Waals surface area contributed by atoms with Crippen molar-refractivity contribution in [3.63, 3.8) is 0 Å². The molecule has 4 nitrogen and oxygen atoms in total. The number of anilines is 1. The maximum absolute atomic E-state index is 12.5. The Morgan fingerprint density at radius 2 is 1.92 bits per heavy atom. The Labute approximate surface area is 170 Å². The summed E-state index contributed by atoms with van der Waals surface area (Å²) in [5.74, 6) is -0.0171. The summed E-state index contributed by atoms with van der Waals surface area (Å²) in [6.45, 7) is 1.97. The predicted octanol–water partition coefficient (Wildman–Crippen LogP) is 5.84. The summed E-state index contributed by atoms with van der Waals surface area (Å²) >= 11 is 8.24. The molecular weight excluding hydrogens is 480 g/mol. The molecule has 0 fully saturated rings. The molecular formula is C19H12Br2N2O2S. The molecule has 0 spiro atoms. The lowest BCUT2D eigenvalue weighted by molar-refractivity contribution is -0.110. The van der Waals surface area contributed by atoms with Gasteiger partial charge in [-0.3, -0.25) is 4.79 Å². The molecule has 2 aromatic carbocycles. The normalized spacial score (nSPS) is 14.6. The van der Waals surface area contributed by atoms with E-state index in [1.165, 1.54) is 0 Å². The molecule has 0 bridgehead atoms. The second-order valence-electron chi connectivity index (χ2n) is 5.86. The van der Waals surface area contributed by atoms with Crippen molar-refractivity contribution in [2.75, 3.05) is 5.32 Å². The van der Waals surface area contributed by atoms with E-state index >= 15 is 0 Å². The van der Waals surface area contributed by atoms with Gasteiger partial charge in [0.25, 0.3) is 5.91 Å². The van der Waals surface area contributed by atoms with Gasteiger partial charge < -0.3 is 10.4 Å². The van der Waals surface area contributed by atoms with Gasteiger partial charge in [-0.05, 0) is 74.7 Å². The van der Waals surface area contributed by atoms with Crippen molar-refractivity contribution >= 4 is 66.4 Å². The number of carbonyl (C=O) groups is 1. The van der Waals surface area contributed by atoms with E-state index < -0.39 is 0 Å². The lowest BCUT2D eigenvalue weighted by Crippen LogP contribution is -2.03. The van der Waals surface area contributed by atoms with Gasteiger partial charge >= 0.3 is 0 Å². The van der Waals surface area contributed by atoms with Crippen LogP contribution in [0.1, 0.15) is 16.1 Å². The molecule has 0 radical (unpaired) electrons. The van der Waals surface area contributed by atoms with E-state index in [0.29, 0.717) is 14.5 Å². The molecule has 1 aliphatic rings. The van der Waals surface area contributed by atoms with Crippen LogP contribution in [-0.4, -0.2) is 16.0 Å². The summed E-state index contributed by atoms with van der Waals surface area (Å²) in [5.41, 5.74) is 4.90. The zero-order chi connectivity index (χ0) is 18.4. The highest BCUT2D eigenvalue weighted by Crippen LogP contribution is 2.38. The molecule has 7 heteroatoms. The number of hydrogen-bond donors (Lipinski definition) is 2. The lowest BCUT2D eigenvalue weighted by atomic mass is 10.0. The quantitative estimate of drug-likeness (QED) is 0.442. The molecule has 4 rings (SSSR count). The zero-order valence-electron chi connectivity index (χ0n) is 13.5. The molecule has 0 unspecified atom stereocenters. The number of aryl methyl sites for hydroxylation is 1. The number of thiazole rings is 1. The van der Waals surface area contributed by atoms with Crippen molar-refractivity contribution in [1.29, 1.82) is 0 Å². The van der Waals surface area contributed by atoms with Gasteiger partial charge in [0.15, 0.2) is 0 Å². The van der Waals surface area contributed by atoms with E-state index in [1.807, 2.05) is 36.6 Å². The van der Waals surface area contributed by atoms with Crippen LogP contribution in [-0.2, 0) is 4.79 Å². The maximum Gasteiger partial charge on any atom is 0.256 e. The van der Waals surface area contributed by atoms with Crippen molar-refractivity contribution in [2.24, 2.45) is 0 Å². The average molecular weight is 492 g/mol. The van der Waals surface area contributed by atoms with Gasteiger partial charge in [-0.2, -0.15) is 0 Å². The van der Waals surface area contributed by atoms with Crippen LogP contribution in [0.2, 0.25) is 0 Å². The summed E-state index contributed by atoms with van der Waals surface area (Å²) < 4.78 is 1.12. The van der Waals surface area contributed by atoms with Crippen molar-refractivity contribution in [3.8, 4) is 17.0 Å². The molecule has 0 saturated heterocycles. The minimum Gasteiger partial charge on any atom is -0.506 e. The first-order valence-electron chi connectivity index (χ1n) is 7.70. The van der Waals surface area contributed by atoms with Crippen molar-refractivity contribution in [2.45, 2.75) is 6.92 Å². The smallest absolute Gasteiger partial charge is 0.256 e. The van der Waals surface area contributed by atoms with E-state index in [-0.39, 0.29) is 11.7 Å². The number of rotatable bonds is 2. The van der Waals surface area contributed by atoms with Gasteiger partial charge in [-0.15, -0.1) is 11.3 Å². The Bertz CT molecular complexity index is 1070. The van der Waals surface area contributed by atoms with E-state index in [9.17, 15) is 9.90 Å². The fourth-order valence-electron chi connectivity index (χ4n) is 2.82. The minimum atomic E-state index is -0.146. The molecule has 1 amide bonds. The van der Waals surface area contributed by atoms with Crippen LogP contribution >= 0.6 is 43.2 Å².